The number of nitrogens with zero attached hydrogens (tertiary/aromatic N) is 2. The molecule has 0 radical (unpaired) electrons. The lowest BCUT2D eigenvalue weighted by atomic mass is 9.90. The molecule has 0 spiro atoms. The van der Waals surface area contributed by atoms with Crippen LogP contribution in [0.4, 0.5) is 0 Å². The van der Waals surface area contributed by atoms with Crippen LogP contribution < -0.4 is 5.32 Å². The van der Waals surface area contributed by atoms with Crippen LogP contribution in [0.2, 0.25) is 0 Å². The van der Waals surface area contributed by atoms with Gasteiger partial charge in [-0.05, 0) is 39.5 Å². The molecule has 0 aliphatic heterocycles. The number of hydrogen-bond acceptors (Lipinski definition) is 5. The molecule has 1 N–H and O–H groups in total. The van der Waals surface area contributed by atoms with E-state index in [2.05, 4.69) is 10.2 Å². The van der Waals surface area contributed by atoms with Crippen LogP contribution in [0.5, 0.6) is 0 Å². The fourth-order valence-electron chi connectivity index (χ4n) is 1.85. The number of nitriles is 1. The number of carbonyl (C=O) groups is 1. The fraction of sp³-hybridized carbons (Fsp3) is 0.818. The van der Waals surface area contributed by atoms with Gasteiger partial charge in [0.25, 0.3) is 5.09 Å². The first-order chi connectivity index (χ1) is 8.35. The molecule has 1 aliphatic carbocycles. The van der Waals surface area contributed by atoms with Gasteiger partial charge in [0.05, 0.1) is 6.07 Å². The molecule has 1 aliphatic rings. The van der Waals surface area contributed by atoms with Gasteiger partial charge in [-0.15, -0.1) is 10.1 Å². The smallest absolute Gasteiger partial charge is 0.294 e. The highest BCUT2D eigenvalue weighted by Gasteiger charge is 2.31. The van der Waals surface area contributed by atoms with Crippen LogP contribution in [0.25, 0.3) is 0 Å². The van der Waals surface area contributed by atoms with Crippen LogP contribution in [0.15, 0.2) is 0 Å². The number of carbonyl (C=O) groups excluding carboxylic acids is 1. The maximum atomic E-state index is 11.8. The Morgan fingerprint density at radius 1 is 1.44 bits per heavy atom. The molecule has 0 aromatic rings. The van der Waals surface area contributed by atoms with E-state index in [1.54, 1.807) is 13.8 Å². The molecule has 7 nitrogen and oxygen atoms in total. The molecule has 0 saturated heterocycles. The predicted molar refractivity (Wildman–Crippen MR) is 61.7 cm³/mol. The quantitative estimate of drug-likeness (QED) is 0.599. The summed E-state index contributed by atoms with van der Waals surface area (Å²) in [6.45, 7) is 3.12. The summed E-state index contributed by atoms with van der Waals surface area (Å²) in [5.74, 6) is -0.302. The van der Waals surface area contributed by atoms with Crippen LogP contribution in [0.3, 0.4) is 0 Å². The lowest BCUT2D eigenvalue weighted by Gasteiger charge is -2.29. The molecule has 1 fully saturated rings. The van der Waals surface area contributed by atoms with Crippen LogP contribution in [0.1, 0.15) is 39.5 Å². The van der Waals surface area contributed by atoms with E-state index in [4.69, 9.17) is 5.26 Å². The molecule has 1 amide bonds. The molecule has 0 bridgehead atoms. The van der Waals surface area contributed by atoms with Crippen molar-refractivity contribution in [3.05, 3.63) is 10.1 Å². The summed E-state index contributed by atoms with van der Waals surface area (Å²) in [4.78, 5) is 26.4. The monoisotopic (exact) mass is 255 g/mol. The summed E-state index contributed by atoms with van der Waals surface area (Å²) in [7, 11) is 0. The molecule has 0 heterocycles. The van der Waals surface area contributed by atoms with Crippen molar-refractivity contribution in [2.75, 3.05) is 0 Å². The van der Waals surface area contributed by atoms with Gasteiger partial charge in [0, 0.05) is 6.04 Å². The van der Waals surface area contributed by atoms with Crippen LogP contribution in [-0.4, -0.2) is 23.1 Å². The Labute approximate surface area is 105 Å². The summed E-state index contributed by atoms with van der Waals surface area (Å²) in [6.07, 6.45) is 1.96. The topological polar surface area (TPSA) is 105 Å². The van der Waals surface area contributed by atoms with E-state index in [-0.39, 0.29) is 18.1 Å². The summed E-state index contributed by atoms with van der Waals surface area (Å²) in [5.41, 5.74) is -1.05. The average Bonchev–Trinajstić information content (AvgIpc) is 2.31. The number of hydrogen-bond donors (Lipinski definition) is 1. The zero-order chi connectivity index (χ0) is 13.8. The minimum Gasteiger partial charge on any atom is -0.352 e. The fourth-order valence-corrected chi connectivity index (χ4v) is 1.85. The summed E-state index contributed by atoms with van der Waals surface area (Å²) >= 11 is 0. The Balaban J connectivity index is 2.39. The highest BCUT2D eigenvalue weighted by molar-refractivity contribution is 5.84. The lowest BCUT2D eigenvalue weighted by Crippen LogP contribution is -2.44. The zero-order valence-electron chi connectivity index (χ0n) is 10.5. The van der Waals surface area contributed by atoms with E-state index >= 15 is 0 Å². The van der Waals surface area contributed by atoms with Gasteiger partial charge in [-0.3, -0.25) is 4.79 Å². The number of amides is 1. The van der Waals surface area contributed by atoms with Crippen molar-refractivity contribution in [1.29, 1.82) is 5.26 Å². The summed E-state index contributed by atoms with van der Waals surface area (Å²) in [5, 5.41) is 21.0. The molecule has 0 aromatic heterocycles. The second kappa shape index (κ2) is 5.67. The van der Waals surface area contributed by atoms with E-state index < -0.39 is 10.5 Å². The molecular formula is C11H17N3O4. The van der Waals surface area contributed by atoms with Crippen molar-refractivity contribution in [3.8, 4) is 6.07 Å². The second-order valence-corrected chi connectivity index (χ2v) is 5.01. The minimum atomic E-state index is -1.05. The standard InChI is InChI=1S/C11H17N3O4/c1-11(2,7-12)10(15)13-8-3-5-9(6-4-8)18-14(16)17/h8-9H,3-6H2,1-2H3,(H,13,15)/t8-,9-. The van der Waals surface area contributed by atoms with E-state index in [0.717, 1.165) is 0 Å². The maximum absolute atomic E-state index is 11.8. The summed E-state index contributed by atoms with van der Waals surface area (Å²) in [6, 6.07) is 1.91. The third-order valence-corrected chi connectivity index (χ3v) is 3.09. The first-order valence-electron chi connectivity index (χ1n) is 5.88. The zero-order valence-corrected chi connectivity index (χ0v) is 10.5. The molecule has 0 unspecified atom stereocenters. The Hall–Kier alpha value is -1.84. The second-order valence-electron chi connectivity index (χ2n) is 5.01. The number of rotatable bonds is 4. The Morgan fingerprint density at radius 2 is 2.00 bits per heavy atom. The van der Waals surface area contributed by atoms with Crippen LogP contribution in [-0.2, 0) is 9.63 Å². The Morgan fingerprint density at radius 3 is 2.44 bits per heavy atom. The van der Waals surface area contributed by atoms with Crippen LogP contribution in [0, 0.1) is 26.9 Å². The number of nitrogens with one attached hydrogen (secondary N) is 1. The van der Waals surface area contributed by atoms with Crippen molar-refractivity contribution in [3.63, 3.8) is 0 Å². The van der Waals surface area contributed by atoms with Gasteiger partial charge in [0.2, 0.25) is 5.91 Å². The van der Waals surface area contributed by atoms with Crippen molar-refractivity contribution < 1.29 is 14.7 Å². The highest BCUT2D eigenvalue weighted by atomic mass is 17.0. The van der Waals surface area contributed by atoms with Crippen molar-refractivity contribution >= 4 is 5.91 Å². The minimum absolute atomic E-state index is 0.0308. The van der Waals surface area contributed by atoms with Gasteiger partial charge in [0.1, 0.15) is 11.5 Å². The first-order valence-corrected chi connectivity index (χ1v) is 5.88. The predicted octanol–water partition coefficient (Wildman–Crippen LogP) is 1.17. The largest absolute Gasteiger partial charge is 0.352 e. The lowest BCUT2D eigenvalue weighted by molar-refractivity contribution is -0.769. The van der Waals surface area contributed by atoms with Crippen molar-refractivity contribution in [1.82, 2.24) is 5.32 Å². The average molecular weight is 255 g/mol. The van der Waals surface area contributed by atoms with Gasteiger partial charge >= 0.3 is 0 Å². The molecule has 0 aromatic carbocycles. The van der Waals surface area contributed by atoms with Crippen molar-refractivity contribution in [2.45, 2.75) is 51.7 Å². The normalized spacial score (nSPS) is 23.8. The molecule has 7 heteroatoms. The molecule has 100 valence electrons. The highest BCUT2D eigenvalue weighted by Crippen LogP contribution is 2.22. The van der Waals surface area contributed by atoms with Gasteiger partial charge in [-0.25, -0.2) is 0 Å². The molecule has 1 rings (SSSR count). The van der Waals surface area contributed by atoms with Crippen molar-refractivity contribution in [2.24, 2.45) is 5.41 Å². The Kier molecular flexibility index (Phi) is 4.48. The van der Waals surface area contributed by atoms with Gasteiger partial charge in [0.15, 0.2) is 0 Å². The first kappa shape index (κ1) is 14.2. The molecular weight excluding hydrogens is 238 g/mol. The van der Waals surface area contributed by atoms with Gasteiger partial charge in [-0.2, -0.15) is 5.26 Å². The Bertz CT molecular complexity index is 367. The van der Waals surface area contributed by atoms with Gasteiger partial charge in [-0.1, -0.05) is 0 Å². The third kappa shape index (κ3) is 3.87. The van der Waals surface area contributed by atoms with Crippen LogP contribution >= 0.6 is 0 Å². The maximum Gasteiger partial charge on any atom is 0.294 e. The van der Waals surface area contributed by atoms with Gasteiger partial charge < -0.3 is 10.2 Å². The third-order valence-electron chi connectivity index (χ3n) is 3.09. The SMILES string of the molecule is CC(C)(C#N)C(=O)N[C@H]1CC[C@H](O[N+](=O)[O-])CC1. The molecule has 18 heavy (non-hydrogen) atoms. The van der Waals surface area contributed by atoms with E-state index in [9.17, 15) is 14.9 Å². The van der Waals surface area contributed by atoms with E-state index in [0.29, 0.717) is 25.7 Å². The molecule has 1 saturated carbocycles. The van der Waals surface area contributed by atoms with E-state index in [1.165, 1.54) is 0 Å². The van der Waals surface area contributed by atoms with E-state index in [1.807, 2.05) is 6.07 Å². The summed E-state index contributed by atoms with van der Waals surface area (Å²) < 4.78 is 0. The molecule has 0 atom stereocenters.